The molecule has 1 aromatic carbocycles. The van der Waals surface area contributed by atoms with E-state index in [1.807, 2.05) is 48.1 Å². The Kier molecular flexibility index (Phi) is 3.70. The quantitative estimate of drug-likeness (QED) is 0.805. The molecule has 0 saturated heterocycles. The maximum atomic E-state index is 12.2. The molecule has 1 amide bonds. The molecular formula is C15H16N4OS. The lowest BCUT2D eigenvalue weighted by atomic mass is 10.3. The van der Waals surface area contributed by atoms with Crippen LogP contribution in [0.25, 0.3) is 11.0 Å². The Balaban J connectivity index is 1.85. The van der Waals surface area contributed by atoms with Gasteiger partial charge in [-0.1, -0.05) is 19.1 Å². The fraction of sp³-hybridized carbons (Fsp3) is 0.267. The predicted molar refractivity (Wildman–Crippen MR) is 84.6 cm³/mol. The fourth-order valence-electron chi connectivity index (χ4n) is 2.29. The van der Waals surface area contributed by atoms with E-state index in [1.54, 1.807) is 0 Å². The van der Waals surface area contributed by atoms with Crippen molar-refractivity contribution < 1.29 is 4.79 Å². The number of aromatic nitrogens is 3. The van der Waals surface area contributed by atoms with Gasteiger partial charge in [-0.2, -0.15) is 0 Å². The largest absolute Gasteiger partial charge is 0.318 e. The molecule has 2 heterocycles. The van der Waals surface area contributed by atoms with E-state index in [4.69, 9.17) is 0 Å². The van der Waals surface area contributed by atoms with E-state index in [0.29, 0.717) is 5.13 Å². The molecule has 6 heteroatoms. The van der Waals surface area contributed by atoms with Crippen molar-refractivity contribution in [3.63, 3.8) is 0 Å². The van der Waals surface area contributed by atoms with E-state index < -0.39 is 0 Å². The van der Waals surface area contributed by atoms with Gasteiger partial charge in [-0.25, -0.2) is 9.97 Å². The molecule has 0 aliphatic rings. The highest BCUT2D eigenvalue weighted by atomic mass is 32.1. The minimum atomic E-state index is -0.0813. The molecule has 5 nitrogen and oxygen atoms in total. The van der Waals surface area contributed by atoms with Crippen LogP contribution in [0.1, 0.15) is 18.4 Å². The van der Waals surface area contributed by atoms with Crippen LogP contribution in [-0.4, -0.2) is 20.4 Å². The number of imidazole rings is 1. The first-order chi connectivity index (χ1) is 10.2. The van der Waals surface area contributed by atoms with Crippen molar-refractivity contribution in [1.82, 2.24) is 14.5 Å². The standard InChI is InChI=1S/C15H16N4OS/c1-3-13-17-11-6-4-5-7-12(11)19(13)8-14(20)18-15-16-10(2)9-21-15/h4-7,9H,3,8H2,1-2H3,(H,16,18,20). The maximum absolute atomic E-state index is 12.2. The summed E-state index contributed by atoms with van der Waals surface area (Å²) in [5, 5.41) is 5.39. The van der Waals surface area contributed by atoms with Crippen molar-refractivity contribution in [1.29, 1.82) is 0 Å². The molecule has 0 unspecified atom stereocenters. The van der Waals surface area contributed by atoms with Gasteiger partial charge < -0.3 is 9.88 Å². The van der Waals surface area contributed by atoms with Gasteiger partial charge in [-0.3, -0.25) is 4.79 Å². The number of aryl methyl sites for hydroxylation is 2. The molecule has 0 bridgehead atoms. The summed E-state index contributed by atoms with van der Waals surface area (Å²) in [5.74, 6) is 0.837. The topological polar surface area (TPSA) is 59.8 Å². The SMILES string of the molecule is CCc1nc2ccccc2n1CC(=O)Nc1nc(C)cs1. The van der Waals surface area contributed by atoms with Crippen LogP contribution >= 0.6 is 11.3 Å². The van der Waals surface area contributed by atoms with Crippen molar-refractivity contribution in [2.75, 3.05) is 5.32 Å². The van der Waals surface area contributed by atoms with Gasteiger partial charge in [0.15, 0.2) is 5.13 Å². The first kappa shape index (κ1) is 13.8. The molecule has 0 fully saturated rings. The number of hydrogen-bond donors (Lipinski definition) is 1. The Morgan fingerprint density at radius 2 is 2.14 bits per heavy atom. The van der Waals surface area contributed by atoms with Gasteiger partial charge in [0.25, 0.3) is 0 Å². The van der Waals surface area contributed by atoms with Crippen LogP contribution in [0.2, 0.25) is 0 Å². The number of carbonyl (C=O) groups is 1. The van der Waals surface area contributed by atoms with E-state index in [9.17, 15) is 4.79 Å². The number of fused-ring (bicyclic) bond motifs is 1. The molecule has 2 aromatic heterocycles. The third kappa shape index (κ3) is 2.80. The number of benzene rings is 1. The predicted octanol–water partition coefficient (Wildman–Crippen LogP) is 3.00. The molecule has 0 spiro atoms. The van der Waals surface area contributed by atoms with Crippen molar-refractivity contribution in [3.8, 4) is 0 Å². The van der Waals surface area contributed by atoms with Crippen LogP contribution < -0.4 is 5.32 Å². The second-order valence-corrected chi connectivity index (χ2v) is 5.66. The first-order valence-electron chi connectivity index (χ1n) is 6.83. The molecule has 21 heavy (non-hydrogen) atoms. The normalized spacial score (nSPS) is 11.0. The zero-order chi connectivity index (χ0) is 14.8. The summed E-state index contributed by atoms with van der Waals surface area (Å²) in [6.45, 7) is 4.20. The number of hydrogen-bond acceptors (Lipinski definition) is 4. The fourth-order valence-corrected chi connectivity index (χ4v) is 2.99. The summed E-state index contributed by atoms with van der Waals surface area (Å²) in [7, 11) is 0. The number of nitrogens with zero attached hydrogens (tertiary/aromatic N) is 3. The molecular weight excluding hydrogens is 284 g/mol. The molecule has 3 rings (SSSR count). The number of anilines is 1. The van der Waals surface area contributed by atoms with Gasteiger partial charge in [0.1, 0.15) is 12.4 Å². The molecule has 1 N–H and O–H groups in total. The Hall–Kier alpha value is -2.21. The van der Waals surface area contributed by atoms with Crippen LogP contribution in [0.3, 0.4) is 0 Å². The van der Waals surface area contributed by atoms with Gasteiger partial charge in [-0.15, -0.1) is 11.3 Å². The molecule has 0 aliphatic heterocycles. The highest BCUT2D eigenvalue weighted by Crippen LogP contribution is 2.18. The average Bonchev–Trinajstić information content (AvgIpc) is 3.03. The van der Waals surface area contributed by atoms with E-state index in [1.165, 1.54) is 11.3 Å². The van der Waals surface area contributed by atoms with E-state index in [-0.39, 0.29) is 12.5 Å². The lowest BCUT2D eigenvalue weighted by Gasteiger charge is -2.07. The maximum Gasteiger partial charge on any atom is 0.246 e. The molecule has 0 atom stereocenters. The molecule has 108 valence electrons. The van der Waals surface area contributed by atoms with Crippen LogP contribution in [0, 0.1) is 6.92 Å². The summed E-state index contributed by atoms with van der Waals surface area (Å²) in [6.07, 6.45) is 0.790. The van der Waals surface area contributed by atoms with Crippen molar-refractivity contribution >= 4 is 33.4 Å². The molecule has 0 aliphatic carbocycles. The Morgan fingerprint density at radius 3 is 2.86 bits per heavy atom. The van der Waals surface area contributed by atoms with Crippen LogP contribution in [0.4, 0.5) is 5.13 Å². The number of nitrogens with one attached hydrogen (secondary N) is 1. The minimum Gasteiger partial charge on any atom is -0.318 e. The zero-order valence-electron chi connectivity index (χ0n) is 12.0. The number of rotatable bonds is 4. The molecule has 0 radical (unpaired) electrons. The van der Waals surface area contributed by atoms with Crippen LogP contribution in [0.5, 0.6) is 0 Å². The highest BCUT2D eigenvalue weighted by Gasteiger charge is 2.13. The second kappa shape index (κ2) is 5.65. The zero-order valence-corrected chi connectivity index (χ0v) is 12.8. The summed E-state index contributed by atoms with van der Waals surface area (Å²) >= 11 is 1.44. The summed E-state index contributed by atoms with van der Waals surface area (Å²) in [6, 6.07) is 7.87. The third-order valence-corrected chi connectivity index (χ3v) is 4.09. The van der Waals surface area contributed by atoms with Crippen molar-refractivity contribution in [3.05, 3.63) is 41.2 Å². The molecule has 0 saturated carbocycles. The summed E-state index contributed by atoms with van der Waals surface area (Å²) in [4.78, 5) is 21.0. The van der Waals surface area contributed by atoms with E-state index in [0.717, 1.165) is 29.0 Å². The lowest BCUT2D eigenvalue weighted by Crippen LogP contribution is -2.20. The number of para-hydroxylation sites is 2. The van der Waals surface area contributed by atoms with Gasteiger partial charge in [0, 0.05) is 11.8 Å². The average molecular weight is 300 g/mol. The Labute approximate surface area is 126 Å². The lowest BCUT2D eigenvalue weighted by molar-refractivity contribution is -0.116. The highest BCUT2D eigenvalue weighted by molar-refractivity contribution is 7.13. The van der Waals surface area contributed by atoms with Crippen molar-refractivity contribution in [2.45, 2.75) is 26.8 Å². The number of amides is 1. The second-order valence-electron chi connectivity index (χ2n) is 4.80. The Bertz CT molecular complexity index is 790. The smallest absolute Gasteiger partial charge is 0.246 e. The van der Waals surface area contributed by atoms with Gasteiger partial charge in [-0.05, 0) is 19.1 Å². The first-order valence-corrected chi connectivity index (χ1v) is 7.71. The van der Waals surface area contributed by atoms with Crippen molar-refractivity contribution in [2.24, 2.45) is 0 Å². The monoisotopic (exact) mass is 300 g/mol. The van der Waals surface area contributed by atoms with E-state index >= 15 is 0 Å². The van der Waals surface area contributed by atoms with Crippen LogP contribution in [0.15, 0.2) is 29.6 Å². The van der Waals surface area contributed by atoms with Crippen LogP contribution in [-0.2, 0) is 17.8 Å². The molecule has 3 aromatic rings. The van der Waals surface area contributed by atoms with Gasteiger partial charge >= 0.3 is 0 Å². The summed E-state index contributed by atoms with van der Waals surface area (Å²) < 4.78 is 1.96. The van der Waals surface area contributed by atoms with E-state index in [2.05, 4.69) is 15.3 Å². The number of thiazole rings is 1. The minimum absolute atomic E-state index is 0.0813. The van der Waals surface area contributed by atoms with Gasteiger partial charge in [0.05, 0.1) is 16.7 Å². The van der Waals surface area contributed by atoms with Gasteiger partial charge in [0.2, 0.25) is 5.91 Å². The third-order valence-electron chi connectivity index (χ3n) is 3.22. The summed E-state index contributed by atoms with van der Waals surface area (Å²) in [5.41, 5.74) is 2.82. The number of carbonyl (C=O) groups excluding carboxylic acids is 1. The Morgan fingerprint density at radius 1 is 1.33 bits per heavy atom.